The van der Waals surface area contributed by atoms with Gasteiger partial charge in [0.1, 0.15) is 5.82 Å². The molecule has 0 unspecified atom stereocenters. The molecule has 0 bridgehead atoms. The first-order chi connectivity index (χ1) is 13.5. The minimum atomic E-state index is -2.67. The van der Waals surface area contributed by atoms with Gasteiger partial charge in [0, 0.05) is 31.5 Å². The van der Waals surface area contributed by atoms with Gasteiger partial charge < -0.3 is 15.4 Å². The highest BCUT2D eigenvalue weighted by Gasteiger charge is 2.16. The molecule has 2 aromatic rings. The number of nitrogens with one attached hydrogen (secondary N) is 2. The number of ether oxygens (including phenoxy) is 1. The average molecular weight is 432 g/mol. The Labute approximate surface area is 172 Å². The van der Waals surface area contributed by atoms with Gasteiger partial charge in [-0.25, -0.2) is 13.8 Å². The summed E-state index contributed by atoms with van der Waals surface area (Å²) in [6.45, 7) is 4.67. The highest BCUT2D eigenvalue weighted by molar-refractivity contribution is 6.42. The van der Waals surface area contributed by atoms with Gasteiger partial charge in [-0.3, -0.25) is 4.90 Å². The van der Waals surface area contributed by atoms with Crippen LogP contribution < -0.4 is 10.6 Å². The van der Waals surface area contributed by atoms with Crippen LogP contribution >= 0.6 is 23.2 Å². The number of rotatable bonds is 8. The van der Waals surface area contributed by atoms with Crippen LogP contribution in [0.3, 0.4) is 0 Å². The number of hydrogen-bond acceptors (Lipinski definition) is 6. The number of benzene rings is 1. The van der Waals surface area contributed by atoms with E-state index in [2.05, 4.69) is 25.5 Å². The summed E-state index contributed by atoms with van der Waals surface area (Å²) >= 11 is 11.9. The van der Waals surface area contributed by atoms with Crippen LogP contribution in [0.15, 0.2) is 24.4 Å². The lowest BCUT2D eigenvalue weighted by molar-refractivity contribution is 0.0378. The zero-order chi connectivity index (χ0) is 19.9. The van der Waals surface area contributed by atoms with E-state index in [1.54, 1.807) is 18.2 Å². The predicted molar refractivity (Wildman–Crippen MR) is 107 cm³/mol. The smallest absolute Gasteiger partial charge is 0.268 e. The van der Waals surface area contributed by atoms with Crippen molar-refractivity contribution in [2.75, 3.05) is 50.0 Å². The molecule has 2 N–H and O–H groups in total. The van der Waals surface area contributed by atoms with Gasteiger partial charge in [-0.15, -0.1) is 0 Å². The monoisotopic (exact) mass is 431 g/mol. The Bertz CT molecular complexity index is 791. The fourth-order valence-electron chi connectivity index (χ4n) is 2.79. The van der Waals surface area contributed by atoms with Gasteiger partial charge in [-0.2, -0.15) is 4.98 Å². The first-order valence-corrected chi connectivity index (χ1v) is 9.69. The van der Waals surface area contributed by atoms with Crippen LogP contribution in [0, 0.1) is 0 Å². The van der Waals surface area contributed by atoms with E-state index < -0.39 is 6.43 Å². The van der Waals surface area contributed by atoms with Crippen molar-refractivity contribution < 1.29 is 13.5 Å². The normalized spacial score (nSPS) is 15.0. The van der Waals surface area contributed by atoms with Gasteiger partial charge in [0.2, 0.25) is 5.95 Å². The van der Waals surface area contributed by atoms with Crippen molar-refractivity contribution in [3.05, 3.63) is 40.0 Å². The largest absolute Gasteiger partial charge is 0.379 e. The number of hydrogen-bond donors (Lipinski definition) is 2. The van der Waals surface area contributed by atoms with Gasteiger partial charge in [0.05, 0.1) is 28.8 Å². The second-order valence-electron chi connectivity index (χ2n) is 6.29. The molecule has 1 saturated heterocycles. The number of anilines is 3. The Kier molecular flexibility index (Phi) is 7.61. The van der Waals surface area contributed by atoms with E-state index in [1.165, 1.54) is 0 Å². The van der Waals surface area contributed by atoms with E-state index in [9.17, 15) is 8.78 Å². The van der Waals surface area contributed by atoms with E-state index in [0.717, 1.165) is 45.5 Å². The average Bonchev–Trinajstić information content (AvgIpc) is 2.69. The molecule has 0 aliphatic carbocycles. The van der Waals surface area contributed by atoms with Crippen molar-refractivity contribution in [1.29, 1.82) is 0 Å². The standard InChI is InChI=1S/C18H21Cl2F2N5O/c19-14-3-2-12(10-15(14)20)25-18-24-11-13(16(21)22)17(26-18)23-4-1-5-27-6-8-28-9-7-27/h2-3,10-11,16H,1,4-9H2,(H2,23,24,25,26). The SMILES string of the molecule is FC(F)c1cnc(Nc2ccc(Cl)c(Cl)c2)nc1NCCCN1CCOCC1. The zero-order valence-electron chi connectivity index (χ0n) is 15.1. The third-order valence-electron chi connectivity index (χ3n) is 4.28. The minimum absolute atomic E-state index is 0.120. The third kappa shape index (κ3) is 5.88. The fourth-order valence-corrected chi connectivity index (χ4v) is 3.09. The van der Waals surface area contributed by atoms with Gasteiger partial charge in [0.15, 0.2) is 0 Å². The van der Waals surface area contributed by atoms with Crippen LogP contribution in [-0.4, -0.2) is 54.3 Å². The Morgan fingerprint density at radius 3 is 2.68 bits per heavy atom. The molecule has 1 aromatic heterocycles. The van der Waals surface area contributed by atoms with E-state index in [-0.39, 0.29) is 17.3 Å². The van der Waals surface area contributed by atoms with Crippen LogP contribution in [0.5, 0.6) is 0 Å². The van der Waals surface area contributed by atoms with Gasteiger partial charge >= 0.3 is 0 Å². The first-order valence-electron chi connectivity index (χ1n) is 8.94. The van der Waals surface area contributed by atoms with Crippen molar-refractivity contribution in [1.82, 2.24) is 14.9 Å². The van der Waals surface area contributed by atoms with E-state index >= 15 is 0 Å². The number of morpholine rings is 1. The highest BCUT2D eigenvalue weighted by Crippen LogP contribution is 2.28. The lowest BCUT2D eigenvalue weighted by Crippen LogP contribution is -2.37. The summed E-state index contributed by atoms with van der Waals surface area (Å²) in [5, 5.41) is 6.75. The molecule has 6 nitrogen and oxygen atoms in total. The van der Waals surface area contributed by atoms with Crippen LogP contribution in [0.25, 0.3) is 0 Å². The molecule has 0 spiro atoms. The molecular formula is C18H21Cl2F2N5O. The maximum atomic E-state index is 13.3. The quantitative estimate of drug-likeness (QED) is 0.595. The van der Waals surface area contributed by atoms with Crippen molar-refractivity contribution in [3.8, 4) is 0 Å². The molecule has 3 rings (SSSR count). The number of nitrogens with zero attached hydrogens (tertiary/aromatic N) is 3. The molecule has 0 radical (unpaired) electrons. The molecule has 152 valence electrons. The van der Waals surface area contributed by atoms with Crippen LogP contribution in [0.4, 0.5) is 26.2 Å². The highest BCUT2D eigenvalue weighted by atomic mass is 35.5. The summed E-state index contributed by atoms with van der Waals surface area (Å²) in [6, 6.07) is 4.95. The van der Waals surface area contributed by atoms with Crippen LogP contribution in [-0.2, 0) is 4.74 Å². The van der Waals surface area contributed by atoms with E-state index in [0.29, 0.717) is 22.3 Å². The second-order valence-corrected chi connectivity index (χ2v) is 7.10. The fraction of sp³-hybridized carbons (Fsp3) is 0.444. The molecule has 28 heavy (non-hydrogen) atoms. The summed E-state index contributed by atoms with van der Waals surface area (Å²) in [7, 11) is 0. The lowest BCUT2D eigenvalue weighted by Gasteiger charge is -2.26. The molecule has 0 saturated carbocycles. The minimum Gasteiger partial charge on any atom is -0.379 e. The van der Waals surface area contributed by atoms with Crippen LogP contribution in [0.2, 0.25) is 10.0 Å². The molecule has 10 heteroatoms. The number of halogens is 4. The number of aromatic nitrogens is 2. The maximum absolute atomic E-state index is 13.3. The van der Waals surface area contributed by atoms with Crippen molar-refractivity contribution in [2.45, 2.75) is 12.8 Å². The van der Waals surface area contributed by atoms with Crippen LogP contribution in [0.1, 0.15) is 18.4 Å². The Hall–Kier alpha value is -1.74. The molecular weight excluding hydrogens is 411 g/mol. The molecule has 0 atom stereocenters. The summed E-state index contributed by atoms with van der Waals surface area (Å²) in [5.41, 5.74) is 0.378. The number of alkyl halides is 2. The van der Waals surface area contributed by atoms with E-state index in [4.69, 9.17) is 27.9 Å². The van der Waals surface area contributed by atoms with Gasteiger partial charge in [-0.05, 0) is 31.2 Å². The Morgan fingerprint density at radius 2 is 1.96 bits per heavy atom. The second kappa shape index (κ2) is 10.2. The van der Waals surface area contributed by atoms with Crippen molar-refractivity contribution >= 4 is 40.7 Å². The van der Waals surface area contributed by atoms with Crippen molar-refractivity contribution in [3.63, 3.8) is 0 Å². The summed E-state index contributed by atoms with van der Waals surface area (Å²) < 4.78 is 31.9. The molecule has 1 fully saturated rings. The Balaban J connectivity index is 1.62. The maximum Gasteiger partial charge on any atom is 0.268 e. The molecule has 2 heterocycles. The summed E-state index contributed by atoms with van der Waals surface area (Å²) in [4.78, 5) is 10.5. The first kappa shape index (κ1) is 21.0. The predicted octanol–water partition coefficient (Wildman–Crippen LogP) is 4.60. The van der Waals surface area contributed by atoms with E-state index in [1.807, 2.05) is 0 Å². The summed E-state index contributed by atoms with van der Waals surface area (Å²) in [6.07, 6.45) is -0.731. The van der Waals surface area contributed by atoms with Gasteiger partial charge in [0.25, 0.3) is 6.43 Å². The molecule has 0 amide bonds. The third-order valence-corrected chi connectivity index (χ3v) is 5.01. The van der Waals surface area contributed by atoms with Crippen molar-refractivity contribution in [2.24, 2.45) is 0 Å². The topological polar surface area (TPSA) is 62.3 Å². The zero-order valence-corrected chi connectivity index (χ0v) is 16.6. The lowest BCUT2D eigenvalue weighted by atomic mass is 10.3. The Morgan fingerprint density at radius 1 is 1.18 bits per heavy atom. The molecule has 1 aromatic carbocycles. The summed E-state index contributed by atoms with van der Waals surface area (Å²) in [5.74, 6) is 0.313. The molecule has 1 aliphatic rings. The van der Waals surface area contributed by atoms with Gasteiger partial charge in [-0.1, -0.05) is 23.2 Å². The molecule has 1 aliphatic heterocycles.